The van der Waals surface area contributed by atoms with Crippen LogP contribution in [-0.2, 0) is 11.2 Å². The molecule has 0 aliphatic carbocycles. The molecule has 0 bridgehead atoms. The van der Waals surface area contributed by atoms with Crippen molar-refractivity contribution in [2.45, 2.75) is 33.1 Å². The molecule has 0 radical (unpaired) electrons. The van der Waals surface area contributed by atoms with Crippen molar-refractivity contribution in [3.05, 3.63) is 34.9 Å². The zero-order chi connectivity index (χ0) is 11.4. The minimum atomic E-state index is -0.559. The lowest BCUT2D eigenvalue weighted by Gasteiger charge is -2.05. The summed E-state index contributed by atoms with van der Waals surface area (Å²) in [6.07, 6.45) is 0.757. The molecular weight excluding hydrogens is 198 g/mol. The molecule has 0 fully saturated rings. The summed E-state index contributed by atoms with van der Waals surface area (Å²) in [6, 6.07) is 2.57. The van der Waals surface area contributed by atoms with Crippen LogP contribution in [0, 0.1) is 18.6 Å². The first kappa shape index (κ1) is 11.8. The molecule has 0 aliphatic heterocycles. The summed E-state index contributed by atoms with van der Waals surface area (Å²) in [6.45, 7) is 3.37. The molecule has 1 rings (SSSR count). The molecular formula is C12H14F2O. The largest absolute Gasteiger partial charge is 0.300 e. The second-order valence-electron chi connectivity index (χ2n) is 3.60. The van der Waals surface area contributed by atoms with Crippen LogP contribution in [0.3, 0.4) is 0 Å². The van der Waals surface area contributed by atoms with Gasteiger partial charge in [0.05, 0.1) is 0 Å². The van der Waals surface area contributed by atoms with Crippen molar-refractivity contribution in [2.24, 2.45) is 0 Å². The van der Waals surface area contributed by atoms with Gasteiger partial charge in [0.25, 0.3) is 0 Å². The molecule has 1 aromatic carbocycles. The summed E-state index contributed by atoms with van der Waals surface area (Å²) in [7, 11) is 0. The summed E-state index contributed by atoms with van der Waals surface area (Å²) in [5.74, 6) is -1.10. The fourth-order valence-corrected chi connectivity index (χ4v) is 1.41. The van der Waals surface area contributed by atoms with Crippen molar-refractivity contribution >= 4 is 5.78 Å². The molecule has 0 aromatic heterocycles. The molecule has 0 atom stereocenters. The lowest BCUT2D eigenvalue weighted by Crippen LogP contribution is -2.02. The first-order chi connectivity index (χ1) is 7.04. The molecule has 0 heterocycles. The predicted molar refractivity (Wildman–Crippen MR) is 54.7 cm³/mol. The Morgan fingerprint density at radius 3 is 2.27 bits per heavy atom. The van der Waals surface area contributed by atoms with Crippen LogP contribution in [0.15, 0.2) is 12.1 Å². The molecule has 1 nitrogen and oxygen atoms in total. The van der Waals surface area contributed by atoms with E-state index in [9.17, 15) is 13.6 Å². The molecule has 0 spiro atoms. The summed E-state index contributed by atoms with van der Waals surface area (Å²) < 4.78 is 26.6. The normalized spacial score (nSPS) is 10.4. The first-order valence-corrected chi connectivity index (χ1v) is 5.00. The Morgan fingerprint density at radius 2 is 1.80 bits per heavy atom. The number of aryl methyl sites for hydroxylation is 1. The van der Waals surface area contributed by atoms with Gasteiger partial charge in [-0.05, 0) is 31.0 Å². The van der Waals surface area contributed by atoms with Crippen molar-refractivity contribution < 1.29 is 13.6 Å². The second-order valence-corrected chi connectivity index (χ2v) is 3.60. The van der Waals surface area contributed by atoms with Gasteiger partial charge in [-0.3, -0.25) is 4.79 Å². The summed E-state index contributed by atoms with van der Waals surface area (Å²) in [5.41, 5.74) is 0.568. The highest BCUT2D eigenvalue weighted by molar-refractivity contribution is 5.78. The van der Waals surface area contributed by atoms with E-state index in [0.717, 1.165) is 0 Å². The van der Waals surface area contributed by atoms with E-state index in [2.05, 4.69) is 0 Å². The monoisotopic (exact) mass is 212 g/mol. The topological polar surface area (TPSA) is 17.1 Å². The summed E-state index contributed by atoms with van der Waals surface area (Å²) in [5, 5.41) is 0. The Bertz CT molecular complexity index is 349. The maximum atomic E-state index is 13.3. The van der Waals surface area contributed by atoms with Crippen LogP contribution in [0.4, 0.5) is 8.78 Å². The van der Waals surface area contributed by atoms with Crippen LogP contribution in [0.5, 0.6) is 0 Å². The number of Topliss-reactive ketones (excluding diaryl/α,β-unsaturated/α-hetero) is 1. The van der Waals surface area contributed by atoms with Gasteiger partial charge in [0.15, 0.2) is 0 Å². The Labute approximate surface area is 88.1 Å². The molecule has 0 saturated heterocycles. The van der Waals surface area contributed by atoms with Crippen molar-refractivity contribution in [3.63, 3.8) is 0 Å². The van der Waals surface area contributed by atoms with Gasteiger partial charge in [-0.1, -0.05) is 6.92 Å². The number of rotatable bonds is 4. The van der Waals surface area contributed by atoms with E-state index in [-0.39, 0.29) is 24.2 Å². The van der Waals surface area contributed by atoms with Crippen LogP contribution >= 0.6 is 0 Å². The lowest BCUT2D eigenvalue weighted by atomic mass is 10.0. The maximum absolute atomic E-state index is 13.3. The molecule has 15 heavy (non-hydrogen) atoms. The molecule has 0 aliphatic rings. The Kier molecular flexibility index (Phi) is 3.95. The first-order valence-electron chi connectivity index (χ1n) is 5.00. The Hall–Kier alpha value is -1.25. The fourth-order valence-electron chi connectivity index (χ4n) is 1.41. The van der Waals surface area contributed by atoms with E-state index in [1.54, 1.807) is 13.8 Å². The Morgan fingerprint density at radius 1 is 1.27 bits per heavy atom. The van der Waals surface area contributed by atoms with E-state index in [1.807, 2.05) is 0 Å². The molecule has 3 heteroatoms. The molecule has 0 amide bonds. The molecule has 0 saturated carbocycles. The average molecular weight is 212 g/mol. The lowest BCUT2D eigenvalue weighted by molar-refractivity contribution is -0.118. The van der Waals surface area contributed by atoms with Gasteiger partial charge >= 0.3 is 0 Å². The van der Waals surface area contributed by atoms with Crippen LogP contribution in [0.2, 0.25) is 0 Å². The summed E-state index contributed by atoms with van der Waals surface area (Å²) >= 11 is 0. The molecule has 82 valence electrons. The van der Waals surface area contributed by atoms with E-state index in [4.69, 9.17) is 0 Å². The highest BCUT2D eigenvalue weighted by Crippen LogP contribution is 2.17. The highest BCUT2D eigenvalue weighted by atomic mass is 19.1. The van der Waals surface area contributed by atoms with E-state index in [0.29, 0.717) is 12.0 Å². The van der Waals surface area contributed by atoms with E-state index >= 15 is 0 Å². The quantitative estimate of drug-likeness (QED) is 0.749. The SMILES string of the molecule is CCC(=O)CCc1c(F)cc(C)cc1F. The Balaban J connectivity index is 2.81. The third kappa shape index (κ3) is 3.11. The van der Waals surface area contributed by atoms with Gasteiger partial charge < -0.3 is 0 Å². The minimum absolute atomic E-state index is 0.0161. The van der Waals surface area contributed by atoms with E-state index < -0.39 is 11.6 Å². The van der Waals surface area contributed by atoms with Gasteiger partial charge in [-0.25, -0.2) is 8.78 Å². The number of ketones is 1. The van der Waals surface area contributed by atoms with Crippen molar-refractivity contribution in [1.29, 1.82) is 0 Å². The van der Waals surface area contributed by atoms with E-state index in [1.165, 1.54) is 12.1 Å². The second kappa shape index (κ2) is 5.01. The van der Waals surface area contributed by atoms with Crippen molar-refractivity contribution in [1.82, 2.24) is 0 Å². The van der Waals surface area contributed by atoms with Crippen LogP contribution in [0.25, 0.3) is 0 Å². The molecule has 0 unspecified atom stereocenters. The minimum Gasteiger partial charge on any atom is -0.300 e. The average Bonchev–Trinajstić information content (AvgIpc) is 2.15. The van der Waals surface area contributed by atoms with Crippen molar-refractivity contribution in [3.8, 4) is 0 Å². The number of hydrogen-bond acceptors (Lipinski definition) is 1. The van der Waals surface area contributed by atoms with Gasteiger partial charge in [0.1, 0.15) is 17.4 Å². The van der Waals surface area contributed by atoms with Crippen molar-refractivity contribution in [2.75, 3.05) is 0 Å². The standard InChI is InChI=1S/C12H14F2O/c1-3-9(15)4-5-10-11(13)6-8(2)7-12(10)14/h6-7H,3-5H2,1-2H3. The van der Waals surface area contributed by atoms with Gasteiger partial charge in [0.2, 0.25) is 0 Å². The summed E-state index contributed by atoms with van der Waals surface area (Å²) in [4.78, 5) is 11.0. The predicted octanol–water partition coefficient (Wildman–Crippen LogP) is 3.18. The van der Waals surface area contributed by atoms with Crippen LogP contribution < -0.4 is 0 Å². The molecule has 0 N–H and O–H groups in total. The zero-order valence-electron chi connectivity index (χ0n) is 8.94. The number of benzene rings is 1. The number of hydrogen-bond donors (Lipinski definition) is 0. The van der Waals surface area contributed by atoms with Gasteiger partial charge in [-0.2, -0.15) is 0 Å². The molecule has 1 aromatic rings. The number of carbonyl (C=O) groups excluding carboxylic acids is 1. The third-order valence-electron chi connectivity index (χ3n) is 2.33. The highest BCUT2D eigenvalue weighted by Gasteiger charge is 2.11. The number of carbonyl (C=O) groups is 1. The van der Waals surface area contributed by atoms with Gasteiger partial charge in [0, 0.05) is 18.4 Å². The smallest absolute Gasteiger partial charge is 0.132 e. The zero-order valence-corrected chi connectivity index (χ0v) is 8.94. The van der Waals surface area contributed by atoms with Crippen LogP contribution in [-0.4, -0.2) is 5.78 Å². The van der Waals surface area contributed by atoms with Crippen LogP contribution in [0.1, 0.15) is 30.9 Å². The number of halogens is 2. The van der Waals surface area contributed by atoms with Gasteiger partial charge in [-0.15, -0.1) is 0 Å². The third-order valence-corrected chi connectivity index (χ3v) is 2.33. The maximum Gasteiger partial charge on any atom is 0.132 e. The fraction of sp³-hybridized carbons (Fsp3) is 0.417.